The Balaban J connectivity index is 4.87. The Labute approximate surface area is 156 Å². The topological polar surface area (TPSA) is 58.6 Å². The van der Waals surface area contributed by atoms with Crippen LogP contribution in [0.3, 0.4) is 0 Å². The number of rotatable bonds is 16. The molecule has 0 rings (SSSR count). The van der Waals surface area contributed by atoms with Crippen LogP contribution < -0.4 is 5.32 Å². The minimum Gasteiger partial charge on any atom is -0.480 e. The van der Waals surface area contributed by atoms with E-state index < -0.39 is 12.0 Å². The maximum absolute atomic E-state index is 11.6. The maximum atomic E-state index is 11.6. The lowest BCUT2D eigenvalue weighted by molar-refractivity contribution is -0.140. The first kappa shape index (κ1) is 23.6. The number of hydrogen-bond acceptors (Lipinski definition) is 6. The summed E-state index contributed by atoms with van der Waals surface area (Å²) in [5, 5.41) is 12.9. The molecule has 0 radical (unpaired) electrons. The Morgan fingerprint density at radius 2 is 1.83 bits per heavy atom. The van der Waals surface area contributed by atoms with Gasteiger partial charge in [0.1, 0.15) is 6.04 Å². The van der Waals surface area contributed by atoms with Crippen LogP contribution >= 0.6 is 30.9 Å². The summed E-state index contributed by atoms with van der Waals surface area (Å²) in [5.74, 6) is 1.18. The van der Waals surface area contributed by atoms with Gasteiger partial charge in [0, 0.05) is 24.7 Å². The standard InChI is InChI=1S/C15H30NO3PS3/c1-4-7-11-22-15(20-21,23-12-8-5-2)16-13(14(17)18)9-10-19-6-3/h13,16H,4-12H2,1-3H3,(H,17,18)/p+1. The third kappa shape index (κ3) is 11.0. The first-order valence-electron chi connectivity index (χ1n) is 8.30. The van der Waals surface area contributed by atoms with Crippen LogP contribution in [0.5, 0.6) is 0 Å². The lowest BCUT2D eigenvalue weighted by Gasteiger charge is -2.26. The fourth-order valence-corrected chi connectivity index (χ4v) is 7.05. The monoisotopic (exact) mass is 400 g/mol. The minimum atomic E-state index is -0.825. The van der Waals surface area contributed by atoms with E-state index in [2.05, 4.69) is 19.2 Å². The number of unbranched alkanes of at least 4 members (excludes halogenated alkanes) is 2. The predicted molar refractivity (Wildman–Crippen MR) is 109 cm³/mol. The smallest absolute Gasteiger partial charge is 0.320 e. The van der Waals surface area contributed by atoms with E-state index in [4.69, 9.17) is 16.5 Å². The highest BCUT2D eigenvalue weighted by Crippen LogP contribution is 2.45. The van der Waals surface area contributed by atoms with Crippen molar-refractivity contribution < 1.29 is 14.6 Å². The van der Waals surface area contributed by atoms with Crippen LogP contribution in [0.2, 0.25) is 0 Å². The van der Waals surface area contributed by atoms with E-state index in [1.165, 1.54) is 0 Å². The second-order valence-electron chi connectivity index (χ2n) is 5.14. The van der Waals surface area contributed by atoms with Crippen molar-refractivity contribution in [2.24, 2.45) is 0 Å². The Morgan fingerprint density at radius 1 is 1.26 bits per heavy atom. The van der Waals surface area contributed by atoms with Crippen molar-refractivity contribution in [2.45, 2.75) is 62.9 Å². The molecular weight excluding hydrogens is 369 g/mol. The molecule has 0 saturated carbocycles. The van der Waals surface area contributed by atoms with E-state index in [0.29, 0.717) is 19.6 Å². The molecule has 0 fully saturated rings. The molecular formula is C15H31NO3PS3+. The molecule has 0 aromatic rings. The van der Waals surface area contributed by atoms with Gasteiger partial charge in [-0.05, 0) is 26.2 Å². The summed E-state index contributed by atoms with van der Waals surface area (Å²) in [7, 11) is 0.227. The van der Waals surface area contributed by atoms with E-state index in [9.17, 15) is 9.90 Å². The van der Waals surface area contributed by atoms with Gasteiger partial charge in [-0.25, -0.2) is 5.32 Å². The summed E-state index contributed by atoms with van der Waals surface area (Å²) >= 11 is 8.99. The number of ether oxygens (including phenoxy) is 1. The second-order valence-corrected chi connectivity index (χ2v) is 10.3. The molecule has 8 heteroatoms. The molecule has 0 saturated heterocycles. The first-order valence-corrected chi connectivity index (χ1v) is 12.4. The number of carboxylic acid groups (broad SMARTS) is 1. The Hall–Kier alpha value is 0.610. The highest BCUT2D eigenvalue weighted by Gasteiger charge is 2.41. The Bertz CT molecular complexity index is 325. The fourth-order valence-electron chi connectivity index (χ4n) is 1.77. The Kier molecular flexibility index (Phi) is 15.3. The number of carboxylic acids is 1. The zero-order chi connectivity index (χ0) is 17.6. The second kappa shape index (κ2) is 14.9. The normalized spacial score (nSPS) is 13.3. The summed E-state index contributed by atoms with van der Waals surface area (Å²) in [6.07, 6.45) is 4.98. The number of hydrogen-bond donors (Lipinski definition) is 2. The molecule has 23 heavy (non-hydrogen) atoms. The van der Waals surface area contributed by atoms with Crippen molar-refractivity contribution in [3.8, 4) is 0 Å². The van der Waals surface area contributed by atoms with Gasteiger partial charge in [-0.15, -0.1) is 0 Å². The summed E-state index contributed by atoms with van der Waals surface area (Å²) in [6.45, 7) is 7.31. The van der Waals surface area contributed by atoms with Gasteiger partial charge < -0.3 is 9.84 Å². The van der Waals surface area contributed by atoms with Gasteiger partial charge in [0.25, 0.3) is 3.94 Å². The van der Waals surface area contributed by atoms with Crippen molar-refractivity contribution in [3.05, 3.63) is 0 Å². The molecule has 136 valence electrons. The number of nitrogens with one attached hydrogen (secondary N) is 1. The molecule has 0 spiro atoms. The molecule has 0 aliphatic rings. The molecule has 2 atom stereocenters. The van der Waals surface area contributed by atoms with Crippen molar-refractivity contribution in [1.82, 2.24) is 5.32 Å². The summed E-state index contributed by atoms with van der Waals surface area (Å²) in [6, 6.07) is -0.611. The van der Waals surface area contributed by atoms with Gasteiger partial charge in [-0.1, -0.05) is 50.2 Å². The van der Waals surface area contributed by atoms with E-state index >= 15 is 0 Å². The molecule has 2 N–H and O–H groups in total. The van der Waals surface area contributed by atoms with Gasteiger partial charge in [0.15, 0.2) is 11.8 Å². The highest BCUT2D eigenvalue weighted by molar-refractivity contribution is 8.27. The number of aliphatic carboxylic acids is 1. The first-order chi connectivity index (χ1) is 11.0. The maximum Gasteiger partial charge on any atom is 0.320 e. The van der Waals surface area contributed by atoms with Gasteiger partial charge in [-0.3, -0.25) is 4.79 Å². The van der Waals surface area contributed by atoms with Gasteiger partial charge >= 0.3 is 5.97 Å². The van der Waals surface area contributed by atoms with E-state index in [1.54, 1.807) is 23.5 Å². The largest absolute Gasteiger partial charge is 0.480 e. The van der Waals surface area contributed by atoms with Crippen LogP contribution in [0.4, 0.5) is 0 Å². The quantitative estimate of drug-likeness (QED) is 0.228. The Morgan fingerprint density at radius 3 is 2.22 bits per heavy atom. The molecule has 0 aliphatic heterocycles. The predicted octanol–water partition coefficient (Wildman–Crippen LogP) is 4.27. The SMILES string of the molecule is CCCCSC(NC(CCOCC)C(=O)O)([PH+]=S)SCCCC. The zero-order valence-corrected chi connectivity index (χ0v) is 17.9. The van der Waals surface area contributed by atoms with Crippen LogP contribution in [0.1, 0.15) is 52.9 Å². The summed E-state index contributed by atoms with van der Waals surface area (Å²) in [4.78, 5) is 11.6. The van der Waals surface area contributed by atoms with Crippen LogP contribution in [-0.2, 0) is 21.3 Å². The van der Waals surface area contributed by atoms with E-state index in [0.717, 1.165) is 37.2 Å². The third-order valence-corrected chi connectivity index (χ3v) is 9.48. The average molecular weight is 401 g/mol. The molecule has 0 amide bonds. The molecule has 0 bridgehead atoms. The molecule has 2 unspecified atom stereocenters. The molecule has 0 aliphatic carbocycles. The lowest BCUT2D eigenvalue weighted by atomic mass is 10.2. The van der Waals surface area contributed by atoms with Crippen molar-refractivity contribution in [2.75, 3.05) is 24.7 Å². The summed E-state index contributed by atoms with van der Waals surface area (Å²) in [5.41, 5.74) is 0. The summed E-state index contributed by atoms with van der Waals surface area (Å²) < 4.78 is 4.95. The van der Waals surface area contributed by atoms with E-state index in [1.807, 2.05) is 6.92 Å². The van der Waals surface area contributed by atoms with Crippen LogP contribution in [-0.4, -0.2) is 45.8 Å². The van der Waals surface area contributed by atoms with Crippen molar-refractivity contribution in [1.29, 1.82) is 0 Å². The average Bonchev–Trinajstić information content (AvgIpc) is 2.54. The van der Waals surface area contributed by atoms with Crippen molar-refractivity contribution in [3.63, 3.8) is 0 Å². The van der Waals surface area contributed by atoms with Crippen LogP contribution in [0.15, 0.2) is 0 Å². The van der Waals surface area contributed by atoms with Crippen LogP contribution in [0.25, 0.3) is 0 Å². The molecule has 4 nitrogen and oxygen atoms in total. The molecule has 0 aromatic carbocycles. The minimum absolute atomic E-state index is 0.227. The van der Waals surface area contributed by atoms with Gasteiger partial charge in [0.2, 0.25) is 7.36 Å². The molecule has 0 heterocycles. The number of carbonyl (C=O) groups is 1. The third-order valence-electron chi connectivity index (χ3n) is 3.16. The number of thioether (sulfide) groups is 2. The fraction of sp³-hybridized carbons (Fsp3) is 0.933. The molecule has 0 aromatic heterocycles. The lowest BCUT2D eigenvalue weighted by Crippen LogP contribution is -2.47. The zero-order valence-electron chi connectivity index (χ0n) is 14.4. The highest BCUT2D eigenvalue weighted by atomic mass is 32.4. The van der Waals surface area contributed by atoms with Crippen LogP contribution in [0, 0.1) is 0 Å². The van der Waals surface area contributed by atoms with Gasteiger partial charge in [-0.2, -0.15) is 0 Å². The van der Waals surface area contributed by atoms with Crippen molar-refractivity contribution >= 4 is 48.7 Å². The van der Waals surface area contributed by atoms with Gasteiger partial charge in [0.05, 0.1) is 0 Å². The van der Waals surface area contributed by atoms with E-state index in [-0.39, 0.29) is 11.3 Å².